The first-order valence-corrected chi connectivity index (χ1v) is 5.80. The number of rotatable bonds is 3. The molecule has 1 aromatic carbocycles. The van der Waals surface area contributed by atoms with Crippen molar-refractivity contribution in [3.05, 3.63) is 42.0 Å². The van der Waals surface area contributed by atoms with Gasteiger partial charge in [0.25, 0.3) is 0 Å². The predicted octanol–water partition coefficient (Wildman–Crippen LogP) is 1.77. The van der Waals surface area contributed by atoms with Crippen molar-refractivity contribution >= 4 is 0 Å². The zero-order chi connectivity index (χ0) is 12.5. The zero-order valence-corrected chi connectivity index (χ0v) is 10.0. The van der Waals surface area contributed by atoms with Gasteiger partial charge >= 0.3 is 0 Å². The van der Waals surface area contributed by atoms with E-state index in [1.54, 1.807) is 13.2 Å². The van der Waals surface area contributed by atoms with Crippen molar-refractivity contribution in [3.63, 3.8) is 0 Å². The predicted molar refractivity (Wildman–Crippen MR) is 66.0 cm³/mol. The number of benzene rings is 1. The van der Waals surface area contributed by atoms with Gasteiger partial charge in [-0.25, -0.2) is 0 Å². The van der Waals surface area contributed by atoms with E-state index in [2.05, 4.69) is 6.58 Å². The minimum Gasteiger partial charge on any atom is -0.497 e. The summed E-state index contributed by atoms with van der Waals surface area (Å²) in [5.74, 6) is 0.779. The van der Waals surface area contributed by atoms with Gasteiger partial charge in [0.05, 0.1) is 13.2 Å². The van der Waals surface area contributed by atoms with Crippen LogP contribution in [-0.2, 0) is 12.0 Å². The van der Waals surface area contributed by atoms with Crippen LogP contribution in [0, 0.1) is 0 Å². The fraction of sp³-hybridized carbons (Fsp3) is 0.429. The molecule has 0 heterocycles. The van der Waals surface area contributed by atoms with E-state index in [1.807, 2.05) is 18.2 Å². The van der Waals surface area contributed by atoms with Crippen LogP contribution in [0.2, 0.25) is 0 Å². The van der Waals surface area contributed by atoms with Gasteiger partial charge in [-0.15, -0.1) is 6.58 Å². The molecule has 2 atom stereocenters. The summed E-state index contributed by atoms with van der Waals surface area (Å²) >= 11 is 0. The summed E-state index contributed by atoms with van der Waals surface area (Å²) in [5, 5.41) is 20.6. The first-order chi connectivity index (χ1) is 8.11. The van der Waals surface area contributed by atoms with Crippen LogP contribution < -0.4 is 4.74 Å². The molecule has 0 radical (unpaired) electrons. The van der Waals surface area contributed by atoms with Gasteiger partial charge in [-0.3, -0.25) is 0 Å². The number of fused-ring (bicyclic) bond motifs is 1. The fourth-order valence-electron chi connectivity index (χ4n) is 2.50. The number of aryl methyl sites for hydroxylation is 1. The lowest BCUT2D eigenvalue weighted by molar-refractivity contribution is -0.0881. The lowest BCUT2D eigenvalue weighted by atomic mass is 9.75. The average molecular weight is 234 g/mol. The van der Waals surface area contributed by atoms with Crippen molar-refractivity contribution in [2.45, 2.75) is 31.0 Å². The van der Waals surface area contributed by atoms with E-state index in [9.17, 15) is 10.2 Å². The van der Waals surface area contributed by atoms with Crippen LogP contribution in [0.25, 0.3) is 0 Å². The molecule has 0 amide bonds. The standard InChI is InChI=1S/C14H18O3/c1-3-8-14(16)12-6-5-11(17-2)9-10(12)4-7-13(14)15/h3,5-6,9,13,15-16H,1,4,7-8H2,2H3/t13-,14+/m1/s1. The lowest BCUT2D eigenvalue weighted by Crippen LogP contribution is -2.43. The number of ether oxygens (including phenoxy) is 1. The molecule has 0 saturated heterocycles. The van der Waals surface area contributed by atoms with Crippen LogP contribution in [-0.4, -0.2) is 23.4 Å². The van der Waals surface area contributed by atoms with Crippen LogP contribution in [0.3, 0.4) is 0 Å². The molecule has 17 heavy (non-hydrogen) atoms. The fourth-order valence-corrected chi connectivity index (χ4v) is 2.50. The minimum atomic E-state index is -1.21. The molecule has 1 aliphatic rings. The van der Waals surface area contributed by atoms with Gasteiger partial charge in [0, 0.05) is 6.42 Å². The molecular weight excluding hydrogens is 216 g/mol. The maximum absolute atomic E-state index is 10.6. The Morgan fingerprint density at radius 1 is 1.59 bits per heavy atom. The molecule has 0 saturated carbocycles. The molecule has 0 spiro atoms. The highest BCUT2D eigenvalue weighted by atomic mass is 16.5. The van der Waals surface area contributed by atoms with Gasteiger partial charge < -0.3 is 14.9 Å². The van der Waals surface area contributed by atoms with Crippen molar-refractivity contribution in [2.75, 3.05) is 7.11 Å². The Labute approximate surface area is 101 Å². The number of aliphatic hydroxyl groups excluding tert-OH is 1. The van der Waals surface area contributed by atoms with Gasteiger partial charge in [-0.1, -0.05) is 12.1 Å². The van der Waals surface area contributed by atoms with Crippen molar-refractivity contribution in [1.29, 1.82) is 0 Å². The second-order valence-corrected chi connectivity index (χ2v) is 4.49. The van der Waals surface area contributed by atoms with Gasteiger partial charge in [-0.05, 0) is 36.1 Å². The van der Waals surface area contributed by atoms with Crippen molar-refractivity contribution in [1.82, 2.24) is 0 Å². The molecule has 0 aliphatic heterocycles. The van der Waals surface area contributed by atoms with Crippen LogP contribution in [0.5, 0.6) is 5.75 Å². The quantitative estimate of drug-likeness (QED) is 0.784. The molecule has 2 rings (SSSR count). The molecular formula is C14H18O3. The van der Waals surface area contributed by atoms with Crippen LogP contribution in [0.15, 0.2) is 30.9 Å². The summed E-state index contributed by atoms with van der Waals surface area (Å²) < 4.78 is 5.17. The van der Waals surface area contributed by atoms with E-state index in [-0.39, 0.29) is 0 Å². The van der Waals surface area contributed by atoms with E-state index in [1.165, 1.54) is 0 Å². The second-order valence-electron chi connectivity index (χ2n) is 4.49. The Bertz CT molecular complexity index is 427. The molecule has 0 aromatic heterocycles. The Morgan fingerprint density at radius 3 is 3.00 bits per heavy atom. The molecule has 92 valence electrons. The first-order valence-electron chi connectivity index (χ1n) is 5.80. The summed E-state index contributed by atoms with van der Waals surface area (Å²) in [5.41, 5.74) is 0.623. The minimum absolute atomic E-state index is 0.355. The number of hydrogen-bond acceptors (Lipinski definition) is 3. The van der Waals surface area contributed by atoms with Gasteiger partial charge in [0.15, 0.2) is 0 Å². The summed E-state index contributed by atoms with van der Waals surface area (Å²) in [6.07, 6.45) is 2.58. The van der Waals surface area contributed by atoms with E-state index >= 15 is 0 Å². The summed E-state index contributed by atoms with van der Waals surface area (Å²) in [4.78, 5) is 0. The van der Waals surface area contributed by atoms with Crippen LogP contribution in [0.4, 0.5) is 0 Å². The summed E-state index contributed by atoms with van der Waals surface area (Å²) in [7, 11) is 1.62. The smallest absolute Gasteiger partial charge is 0.119 e. The van der Waals surface area contributed by atoms with E-state index in [4.69, 9.17) is 4.74 Å². The molecule has 0 bridgehead atoms. The number of methoxy groups -OCH3 is 1. The Morgan fingerprint density at radius 2 is 2.35 bits per heavy atom. The third-order valence-corrected chi connectivity index (χ3v) is 3.47. The highest BCUT2D eigenvalue weighted by Gasteiger charge is 2.40. The summed E-state index contributed by atoms with van der Waals surface area (Å²) in [6.45, 7) is 3.65. The third-order valence-electron chi connectivity index (χ3n) is 3.47. The molecule has 0 fully saturated rings. The zero-order valence-electron chi connectivity index (χ0n) is 10.0. The molecule has 0 unspecified atom stereocenters. The number of aliphatic hydroxyl groups is 2. The normalized spacial score (nSPS) is 27.4. The van der Waals surface area contributed by atoms with Crippen LogP contribution >= 0.6 is 0 Å². The van der Waals surface area contributed by atoms with E-state index < -0.39 is 11.7 Å². The van der Waals surface area contributed by atoms with E-state index in [0.717, 1.165) is 23.3 Å². The average Bonchev–Trinajstić information content (AvgIpc) is 2.34. The highest BCUT2D eigenvalue weighted by molar-refractivity contribution is 5.42. The SMILES string of the molecule is C=CC[C@]1(O)c2ccc(OC)cc2CC[C@H]1O. The van der Waals surface area contributed by atoms with Gasteiger partial charge in [0.1, 0.15) is 11.4 Å². The first kappa shape index (κ1) is 12.1. The van der Waals surface area contributed by atoms with Gasteiger partial charge in [-0.2, -0.15) is 0 Å². The number of hydrogen-bond donors (Lipinski definition) is 2. The maximum atomic E-state index is 10.6. The summed E-state index contributed by atoms with van der Waals surface area (Å²) in [6, 6.07) is 5.57. The maximum Gasteiger partial charge on any atom is 0.119 e. The van der Waals surface area contributed by atoms with E-state index in [0.29, 0.717) is 12.8 Å². The largest absolute Gasteiger partial charge is 0.497 e. The molecule has 2 N–H and O–H groups in total. The second kappa shape index (κ2) is 4.51. The van der Waals surface area contributed by atoms with Crippen molar-refractivity contribution in [2.24, 2.45) is 0 Å². The molecule has 1 aliphatic carbocycles. The van der Waals surface area contributed by atoms with Gasteiger partial charge in [0.2, 0.25) is 0 Å². The Kier molecular flexibility index (Phi) is 3.22. The van der Waals surface area contributed by atoms with Crippen molar-refractivity contribution < 1.29 is 14.9 Å². The Hall–Kier alpha value is -1.32. The monoisotopic (exact) mass is 234 g/mol. The van der Waals surface area contributed by atoms with Crippen molar-refractivity contribution in [3.8, 4) is 5.75 Å². The lowest BCUT2D eigenvalue weighted by Gasteiger charge is -2.38. The Balaban J connectivity index is 2.48. The highest BCUT2D eigenvalue weighted by Crippen LogP contribution is 2.39. The van der Waals surface area contributed by atoms with Crippen LogP contribution in [0.1, 0.15) is 24.0 Å². The molecule has 3 heteroatoms. The topological polar surface area (TPSA) is 49.7 Å². The molecule has 3 nitrogen and oxygen atoms in total. The third kappa shape index (κ3) is 1.96. The molecule has 1 aromatic rings.